The van der Waals surface area contributed by atoms with Gasteiger partial charge < -0.3 is 19.0 Å². The number of furan rings is 1. The molecule has 4 rings (SSSR count). The number of anilines is 1. The summed E-state index contributed by atoms with van der Waals surface area (Å²) < 4.78 is 12.8. The average Bonchev–Trinajstić information content (AvgIpc) is 3.54. The molecule has 7 nitrogen and oxygen atoms in total. The van der Waals surface area contributed by atoms with Crippen molar-refractivity contribution < 1.29 is 18.7 Å². The summed E-state index contributed by atoms with van der Waals surface area (Å²) >= 11 is 2.71. The zero-order valence-corrected chi connectivity index (χ0v) is 20.8. The first kappa shape index (κ1) is 23.8. The molecule has 0 fully saturated rings. The number of rotatable bonds is 9. The lowest BCUT2D eigenvalue weighted by Gasteiger charge is -2.11. The van der Waals surface area contributed by atoms with E-state index in [1.807, 2.05) is 67.1 Å². The van der Waals surface area contributed by atoms with Gasteiger partial charge in [-0.2, -0.15) is 0 Å². The van der Waals surface area contributed by atoms with Crippen molar-refractivity contribution in [3.8, 4) is 11.3 Å². The van der Waals surface area contributed by atoms with Crippen molar-refractivity contribution >= 4 is 40.0 Å². The fourth-order valence-corrected chi connectivity index (χ4v) is 5.32. The van der Waals surface area contributed by atoms with Crippen LogP contribution in [0.3, 0.4) is 0 Å². The topological polar surface area (TPSA) is 86.4 Å². The van der Waals surface area contributed by atoms with E-state index < -0.39 is 5.97 Å². The van der Waals surface area contributed by atoms with Gasteiger partial charge in [0.1, 0.15) is 10.8 Å². The Morgan fingerprint density at radius 3 is 2.68 bits per heavy atom. The second kappa shape index (κ2) is 10.8. The van der Waals surface area contributed by atoms with E-state index in [4.69, 9.17) is 9.15 Å². The maximum absolute atomic E-state index is 12.8. The minimum atomic E-state index is -0.422. The van der Waals surface area contributed by atoms with E-state index in [0.29, 0.717) is 22.3 Å². The van der Waals surface area contributed by atoms with E-state index in [9.17, 15) is 9.59 Å². The molecule has 4 aromatic rings. The van der Waals surface area contributed by atoms with Crippen molar-refractivity contribution in [1.29, 1.82) is 0 Å². The number of carbonyl (C=O) groups excluding carboxylic acids is 2. The van der Waals surface area contributed by atoms with Crippen LogP contribution in [0.15, 0.2) is 64.5 Å². The Bertz CT molecular complexity index is 1280. The number of imidazole rings is 1. The molecule has 1 N–H and O–H groups in total. The van der Waals surface area contributed by atoms with Crippen LogP contribution >= 0.6 is 23.1 Å². The number of ether oxygens (including phenoxy) is 1. The molecule has 0 unspecified atom stereocenters. The van der Waals surface area contributed by atoms with Crippen molar-refractivity contribution in [3.05, 3.63) is 76.7 Å². The highest BCUT2D eigenvalue weighted by Crippen LogP contribution is 2.33. The summed E-state index contributed by atoms with van der Waals surface area (Å²) in [5.41, 5.74) is 3.22. The fraction of sp³-hybridized carbons (Fsp3) is 0.240. The molecule has 0 saturated heterocycles. The first-order valence-electron chi connectivity index (χ1n) is 10.8. The minimum absolute atomic E-state index is 0.141. The quantitative estimate of drug-likeness (QED) is 0.234. The third kappa shape index (κ3) is 5.26. The SMILES string of the molecule is CCOC(=O)c1c(NC(=O)CSc2ncc(-c3ccccc3)n2Cc2ccco2)sc(C)c1C. The summed E-state index contributed by atoms with van der Waals surface area (Å²) in [4.78, 5) is 30.7. The van der Waals surface area contributed by atoms with Crippen molar-refractivity contribution in [1.82, 2.24) is 9.55 Å². The lowest BCUT2D eigenvalue weighted by Crippen LogP contribution is -2.17. The number of hydrogen-bond donors (Lipinski definition) is 1. The van der Waals surface area contributed by atoms with E-state index in [-0.39, 0.29) is 18.3 Å². The van der Waals surface area contributed by atoms with E-state index in [2.05, 4.69) is 10.3 Å². The van der Waals surface area contributed by atoms with Crippen LogP contribution in [0.5, 0.6) is 0 Å². The summed E-state index contributed by atoms with van der Waals surface area (Å²) in [5, 5.41) is 4.11. The van der Waals surface area contributed by atoms with Gasteiger partial charge in [-0.05, 0) is 44.0 Å². The molecule has 1 aromatic carbocycles. The summed E-state index contributed by atoms with van der Waals surface area (Å²) in [6.07, 6.45) is 3.45. The molecule has 176 valence electrons. The van der Waals surface area contributed by atoms with Crippen molar-refractivity contribution in [2.75, 3.05) is 17.7 Å². The monoisotopic (exact) mass is 495 g/mol. The summed E-state index contributed by atoms with van der Waals surface area (Å²) in [6, 6.07) is 13.7. The third-order valence-corrected chi connectivity index (χ3v) is 7.35. The average molecular weight is 496 g/mol. The largest absolute Gasteiger partial charge is 0.467 e. The van der Waals surface area contributed by atoms with Gasteiger partial charge in [0, 0.05) is 4.88 Å². The Morgan fingerprint density at radius 2 is 1.97 bits per heavy atom. The number of aryl methyl sites for hydroxylation is 1. The van der Waals surface area contributed by atoms with Gasteiger partial charge in [0.25, 0.3) is 0 Å². The van der Waals surface area contributed by atoms with Crippen LogP contribution in [0.2, 0.25) is 0 Å². The smallest absolute Gasteiger partial charge is 0.341 e. The maximum atomic E-state index is 12.8. The van der Waals surface area contributed by atoms with Gasteiger partial charge >= 0.3 is 5.97 Å². The molecule has 0 atom stereocenters. The van der Waals surface area contributed by atoms with Crippen molar-refractivity contribution in [2.24, 2.45) is 0 Å². The molecule has 0 aliphatic heterocycles. The molecule has 9 heteroatoms. The van der Waals surface area contributed by atoms with Crippen LogP contribution in [-0.2, 0) is 16.1 Å². The molecule has 0 bridgehead atoms. The fourth-order valence-electron chi connectivity index (χ4n) is 3.48. The number of nitrogens with zero attached hydrogens (tertiary/aromatic N) is 2. The number of aromatic nitrogens is 2. The number of benzene rings is 1. The zero-order valence-electron chi connectivity index (χ0n) is 19.2. The predicted octanol–water partition coefficient (Wildman–Crippen LogP) is 5.78. The second-order valence-electron chi connectivity index (χ2n) is 7.50. The number of amides is 1. The predicted molar refractivity (Wildman–Crippen MR) is 135 cm³/mol. The molecule has 34 heavy (non-hydrogen) atoms. The highest BCUT2D eigenvalue weighted by Gasteiger charge is 2.22. The number of thiophene rings is 1. The number of esters is 1. The molecular formula is C25H25N3O4S2. The number of hydrogen-bond acceptors (Lipinski definition) is 7. The third-order valence-electron chi connectivity index (χ3n) is 5.23. The second-order valence-corrected chi connectivity index (χ2v) is 9.67. The first-order chi connectivity index (χ1) is 16.5. The van der Waals surface area contributed by atoms with Crippen LogP contribution in [0.4, 0.5) is 5.00 Å². The van der Waals surface area contributed by atoms with E-state index in [1.165, 1.54) is 23.1 Å². The van der Waals surface area contributed by atoms with Crippen LogP contribution in [0, 0.1) is 13.8 Å². The van der Waals surface area contributed by atoms with Gasteiger partial charge in [-0.3, -0.25) is 4.79 Å². The standard InChI is InChI=1S/C25H25N3O4S2/c1-4-31-24(30)22-16(2)17(3)34-23(22)27-21(29)15-33-25-26-13-20(18-9-6-5-7-10-18)28(25)14-19-11-8-12-32-19/h5-13H,4,14-15H2,1-3H3,(H,27,29). The number of nitrogens with one attached hydrogen (secondary N) is 1. The highest BCUT2D eigenvalue weighted by molar-refractivity contribution is 7.99. The molecule has 0 aliphatic carbocycles. The summed E-state index contributed by atoms with van der Waals surface area (Å²) in [7, 11) is 0. The van der Waals surface area contributed by atoms with Gasteiger partial charge in [-0.25, -0.2) is 9.78 Å². The highest BCUT2D eigenvalue weighted by atomic mass is 32.2. The minimum Gasteiger partial charge on any atom is -0.467 e. The number of carbonyl (C=O) groups is 2. The lowest BCUT2D eigenvalue weighted by molar-refractivity contribution is -0.113. The van der Waals surface area contributed by atoms with Crippen molar-refractivity contribution in [3.63, 3.8) is 0 Å². The van der Waals surface area contributed by atoms with E-state index in [0.717, 1.165) is 27.5 Å². The normalized spacial score (nSPS) is 10.9. The lowest BCUT2D eigenvalue weighted by atomic mass is 10.1. The molecular weight excluding hydrogens is 470 g/mol. The Kier molecular flexibility index (Phi) is 7.54. The summed E-state index contributed by atoms with van der Waals surface area (Å²) in [5.74, 6) is 0.297. The van der Waals surface area contributed by atoms with Crippen LogP contribution < -0.4 is 5.32 Å². The maximum Gasteiger partial charge on any atom is 0.341 e. The van der Waals surface area contributed by atoms with Crippen molar-refractivity contribution in [2.45, 2.75) is 32.5 Å². The molecule has 0 spiro atoms. The van der Waals surface area contributed by atoms with Gasteiger partial charge in [-0.15, -0.1) is 11.3 Å². The molecule has 1 amide bonds. The van der Waals surface area contributed by atoms with Crippen LogP contribution in [-0.4, -0.2) is 33.8 Å². The Morgan fingerprint density at radius 1 is 1.18 bits per heavy atom. The molecule has 3 heterocycles. The Labute approximate surface area is 206 Å². The molecule has 3 aromatic heterocycles. The first-order valence-corrected chi connectivity index (χ1v) is 12.6. The zero-order chi connectivity index (χ0) is 24.1. The Hall–Kier alpha value is -3.30. The Balaban J connectivity index is 1.52. The van der Waals surface area contributed by atoms with E-state index >= 15 is 0 Å². The number of thioether (sulfide) groups is 1. The van der Waals surface area contributed by atoms with E-state index in [1.54, 1.807) is 13.2 Å². The van der Waals surface area contributed by atoms with Gasteiger partial charge in [-0.1, -0.05) is 42.1 Å². The van der Waals surface area contributed by atoms with Gasteiger partial charge in [0.2, 0.25) is 5.91 Å². The van der Waals surface area contributed by atoms with Gasteiger partial charge in [0.15, 0.2) is 5.16 Å². The molecule has 0 saturated carbocycles. The molecule has 0 radical (unpaired) electrons. The van der Waals surface area contributed by atoms with Crippen LogP contribution in [0.1, 0.15) is 33.5 Å². The van der Waals surface area contributed by atoms with Gasteiger partial charge in [0.05, 0.1) is 42.6 Å². The summed E-state index contributed by atoms with van der Waals surface area (Å²) in [6.45, 7) is 6.31. The molecule has 0 aliphatic rings. The van der Waals surface area contributed by atoms with Crippen LogP contribution in [0.25, 0.3) is 11.3 Å².